The Kier molecular flexibility index (Phi) is 12.4. The fraction of sp³-hybridized carbons (Fsp3) is 0.562. The third kappa shape index (κ3) is 9.82. The Morgan fingerprint density at radius 2 is 1.54 bits per heavy atom. The molecule has 0 unspecified atom stereocenters. The van der Waals surface area contributed by atoms with Crippen molar-refractivity contribution in [2.45, 2.75) is 84.8 Å². The van der Waals surface area contributed by atoms with Gasteiger partial charge in [0.15, 0.2) is 6.29 Å². The summed E-state index contributed by atoms with van der Waals surface area (Å²) in [5, 5.41) is 0. The van der Waals surface area contributed by atoms with Crippen molar-refractivity contribution >= 4 is 0 Å². The molecule has 1 fully saturated rings. The Hall–Kier alpha value is -2.10. The smallest absolute Gasteiger partial charge is 0.183 e. The van der Waals surface area contributed by atoms with Crippen molar-refractivity contribution in [2.24, 2.45) is 11.8 Å². The largest absolute Gasteiger partial charge is 0.494 e. The molecular weight excluding hydrogens is 432 g/mol. The predicted octanol–water partition coefficient (Wildman–Crippen LogP) is 9.14. The standard InChI is InChI=1S/C32H46O3/c1-4-6-7-8-9-10-11-14-27-24-34-32(35-25-27)30-17-15-28(16-18-30)29-19-21-31(22-20-29)33-23-12-13-26(3)5-2/h6-7,15-22,26-27,32H,4-5,8-14,23-25H2,1-3H3/b7-6-/t26-,27-,32-/m0/s1. The minimum Gasteiger partial charge on any atom is -0.494 e. The number of allylic oxidation sites excluding steroid dienone is 2. The molecule has 1 aliphatic rings. The third-order valence-electron chi connectivity index (χ3n) is 7.03. The van der Waals surface area contributed by atoms with Gasteiger partial charge in [-0.15, -0.1) is 0 Å². The highest BCUT2D eigenvalue weighted by atomic mass is 16.7. The first-order valence-electron chi connectivity index (χ1n) is 13.9. The van der Waals surface area contributed by atoms with E-state index in [0.29, 0.717) is 5.92 Å². The molecule has 2 aromatic rings. The van der Waals surface area contributed by atoms with Gasteiger partial charge in [-0.05, 0) is 67.7 Å². The first kappa shape index (κ1) is 27.5. The molecule has 0 radical (unpaired) electrons. The van der Waals surface area contributed by atoms with Crippen molar-refractivity contribution < 1.29 is 14.2 Å². The molecule has 192 valence electrons. The molecule has 0 N–H and O–H groups in total. The minimum absolute atomic E-state index is 0.245. The summed E-state index contributed by atoms with van der Waals surface area (Å²) < 4.78 is 18.0. The van der Waals surface area contributed by atoms with E-state index in [-0.39, 0.29) is 6.29 Å². The fourth-order valence-electron chi connectivity index (χ4n) is 4.46. The average Bonchev–Trinajstić information content (AvgIpc) is 2.91. The summed E-state index contributed by atoms with van der Waals surface area (Å²) in [6.07, 6.45) is 15.3. The quantitative estimate of drug-likeness (QED) is 0.189. The van der Waals surface area contributed by atoms with E-state index in [2.05, 4.69) is 81.5 Å². The second-order valence-electron chi connectivity index (χ2n) is 10.0. The van der Waals surface area contributed by atoms with E-state index in [1.165, 1.54) is 56.1 Å². The van der Waals surface area contributed by atoms with E-state index < -0.39 is 0 Å². The highest BCUT2D eigenvalue weighted by Crippen LogP contribution is 2.30. The molecule has 0 amide bonds. The molecule has 0 spiro atoms. The maximum Gasteiger partial charge on any atom is 0.183 e. The van der Waals surface area contributed by atoms with Crippen LogP contribution in [0.15, 0.2) is 60.7 Å². The molecule has 0 bridgehead atoms. The Labute approximate surface area is 213 Å². The molecule has 1 heterocycles. The van der Waals surface area contributed by atoms with Crippen molar-refractivity contribution in [3.63, 3.8) is 0 Å². The normalized spacial score (nSPS) is 19.2. The van der Waals surface area contributed by atoms with Crippen molar-refractivity contribution in [1.82, 2.24) is 0 Å². The molecular formula is C32H46O3. The van der Waals surface area contributed by atoms with Crippen LogP contribution in [0.1, 0.15) is 90.4 Å². The molecule has 0 aromatic heterocycles. The summed E-state index contributed by atoms with van der Waals surface area (Å²) in [7, 11) is 0. The van der Waals surface area contributed by atoms with Gasteiger partial charge in [0.1, 0.15) is 5.75 Å². The molecule has 3 rings (SSSR count). The molecule has 35 heavy (non-hydrogen) atoms. The van der Waals surface area contributed by atoms with Crippen molar-refractivity contribution in [2.75, 3.05) is 19.8 Å². The average molecular weight is 479 g/mol. The van der Waals surface area contributed by atoms with Crippen LogP contribution in [0, 0.1) is 11.8 Å². The van der Waals surface area contributed by atoms with Crippen LogP contribution < -0.4 is 4.74 Å². The fourth-order valence-corrected chi connectivity index (χ4v) is 4.46. The zero-order valence-corrected chi connectivity index (χ0v) is 22.2. The van der Waals surface area contributed by atoms with Crippen LogP contribution in [0.2, 0.25) is 0 Å². The van der Waals surface area contributed by atoms with Crippen LogP contribution in [0.5, 0.6) is 5.75 Å². The lowest BCUT2D eigenvalue weighted by Gasteiger charge is -2.29. The topological polar surface area (TPSA) is 27.7 Å². The van der Waals surface area contributed by atoms with Gasteiger partial charge in [0.2, 0.25) is 0 Å². The number of rotatable bonds is 15. The van der Waals surface area contributed by atoms with E-state index in [1.54, 1.807) is 0 Å². The first-order chi connectivity index (χ1) is 17.2. The van der Waals surface area contributed by atoms with Gasteiger partial charge in [0.25, 0.3) is 0 Å². The van der Waals surface area contributed by atoms with Crippen LogP contribution in [0.25, 0.3) is 11.1 Å². The highest BCUT2D eigenvalue weighted by Gasteiger charge is 2.23. The van der Waals surface area contributed by atoms with Gasteiger partial charge in [-0.3, -0.25) is 0 Å². The van der Waals surface area contributed by atoms with Gasteiger partial charge in [-0.25, -0.2) is 0 Å². The lowest BCUT2D eigenvalue weighted by molar-refractivity contribution is -0.206. The summed E-state index contributed by atoms with van der Waals surface area (Å²) in [6, 6.07) is 17.0. The van der Waals surface area contributed by atoms with E-state index in [1.807, 2.05) is 0 Å². The number of unbranched alkanes of at least 4 members (excludes halogenated alkanes) is 3. The molecule has 0 saturated carbocycles. The number of hydrogen-bond donors (Lipinski definition) is 0. The monoisotopic (exact) mass is 478 g/mol. The van der Waals surface area contributed by atoms with Crippen molar-refractivity contribution in [3.05, 3.63) is 66.2 Å². The van der Waals surface area contributed by atoms with E-state index in [4.69, 9.17) is 14.2 Å². The summed E-state index contributed by atoms with van der Waals surface area (Å²) >= 11 is 0. The summed E-state index contributed by atoms with van der Waals surface area (Å²) in [5.41, 5.74) is 3.48. The summed E-state index contributed by atoms with van der Waals surface area (Å²) in [5.74, 6) is 2.25. The Balaban J connectivity index is 1.37. The molecule has 1 aliphatic heterocycles. The lowest BCUT2D eigenvalue weighted by Crippen LogP contribution is -2.27. The summed E-state index contributed by atoms with van der Waals surface area (Å²) in [4.78, 5) is 0. The first-order valence-corrected chi connectivity index (χ1v) is 13.9. The SMILES string of the molecule is CC/C=C\CCCCC[C@H]1CO[C@H](c2ccc(-c3ccc(OCCC[C@@H](C)CC)cc3)cc2)OC1. The zero-order valence-electron chi connectivity index (χ0n) is 22.2. The van der Waals surface area contributed by atoms with E-state index >= 15 is 0 Å². The van der Waals surface area contributed by atoms with Crippen molar-refractivity contribution in [3.8, 4) is 16.9 Å². The number of hydrogen-bond acceptors (Lipinski definition) is 3. The lowest BCUT2D eigenvalue weighted by atomic mass is 10.0. The molecule has 0 aliphatic carbocycles. The molecule has 1 saturated heterocycles. The van der Waals surface area contributed by atoms with Gasteiger partial charge in [-0.2, -0.15) is 0 Å². The maximum absolute atomic E-state index is 6.07. The minimum atomic E-state index is -0.245. The Bertz CT molecular complexity index is 832. The van der Waals surface area contributed by atoms with E-state index in [0.717, 1.165) is 49.9 Å². The zero-order chi connectivity index (χ0) is 24.7. The van der Waals surface area contributed by atoms with Crippen LogP contribution in [0.4, 0.5) is 0 Å². The second-order valence-corrected chi connectivity index (χ2v) is 10.0. The van der Waals surface area contributed by atoms with Crippen molar-refractivity contribution in [1.29, 1.82) is 0 Å². The molecule has 3 heteroatoms. The highest BCUT2D eigenvalue weighted by molar-refractivity contribution is 5.64. The maximum atomic E-state index is 6.07. The molecule has 2 aromatic carbocycles. The van der Waals surface area contributed by atoms with Crippen LogP contribution in [0.3, 0.4) is 0 Å². The predicted molar refractivity (Wildman–Crippen MR) is 147 cm³/mol. The van der Waals surface area contributed by atoms with Crippen LogP contribution in [-0.2, 0) is 9.47 Å². The number of benzene rings is 2. The third-order valence-corrected chi connectivity index (χ3v) is 7.03. The number of ether oxygens (including phenoxy) is 3. The van der Waals surface area contributed by atoms with Gasteiger partial charge in [0, 0.05) is 11.5 Å². The van der Waals surface area contributed by atoms with Crippen LogP contribution in [-0.4, -0.2) is 19.8 Å². The second kappa shape index (κ2) is 15.8. The van der Waals surface area contributed by atoms with E-state index in [9.17, 15) is 0 Å². The van der Waals surface area contributed by atoms with Gasteiger partial charge < -0.3 is 14.2 Å². The Morgan fingerprint density at radius 3 is 2.20 bits per heavy atom. The van der Waals surface area contributed by atoms with Crippen LogP contribution >= 0.6 is 0 Å². The summed E-state index contributed by atoms with van der Waals surface area (Å²) in [6.45, 7) is 9.11. The van der Waals surface area contributed by atoms with Gasteiger partial charge in [-0.1, -0.05) is 88.6 Å². The van der Waals surface area contributed by atoms with Gasteiger partial charge in [0.05, 0.1) is 19.8 Å². The Morgan fingerprint density at radius 1 is 0.857 bits per heavy atom. The molecule has 1 atom stereocenters. The molecule has 3 nitrogen and oxygen atoms in total. The van der Waals surface area contributed by atoms with Gasteiger partial charge >= 0.3 is 0 Å².